The number of nitrogens with zero attached hydrogens (tertiary/aromatic N) is 14. The van der Waals surface area contributed by atoms with Gasteiger partial charge in [-0.05, 0) is 241 Å². The lowest BCUT2D eigenvalue weighted by molar-refractivity contribution is 0.210. The van der Waals surface area contributed by atoms with E-state index in [0.717, 1.165) is 181 Å². The summed E-state index contributed by atoms with van der Waals surface area (Å²) >= 11 is 0. The van der Waals surface area contributed by atoms with Gasteiger partial charge in [0.15, 0.2) is 11.5 Å². The number of aliphatic imine (C=N–C) groups is 5. The molecule has 0 amide bonds. The van der Waals surface area contributed by atoms with Crippen LogP contribution in [0.5, 0.6) is 51.7 Å². The second-order valence-electron chi connectivity index (χ2n) is 28.4. The molecule has 0 N–H and O–H groups in total. The molecule has 0 aromatic heterocycles. The van der Waals surface area contributed by atoms with E-state index in [1.54, 1.807) is 109 Å². The van der Waals surface area contributed by atoms with Gasteiger partial charge in [-0.3, -0.25) is 0 Å². The summed E-state index contributed by atoms with van der Waals surface area (Å²) < 4.78 is 52.0. The highest BCUT2D eigenvalue weighted by molar-refractivity contribution is 5.62. The summed E-state index contributed by atoms with van der Waals surface area (Å²) in [4.78, 5) is 90.6. The largest absolute Gasteiger partial charge is 0.492 e. The van der Waals surface area contributed by atoms with Crippen LogP contribution in [0.4, 0.5) is 28.4 Å². The number of likely N-dealkylation sites (N-methyl/N-ethyl adjacent to an activating group) is 9. The van der Waals surface area contributed by atoms with Crippen molar-refractivity contribution in [3.63, 3.8) is 0 Å². The summed E-state index contributed by atoms with van der Waals surface area (Å²) in [5, 5.41) is 0. The van der Waals surface area contributed by atoms with E-state index in [2.05, 4.69) is 195 Å². The highest BCUT2D eigenvalue weighted by Crippen LogP contribution is 2.35. The van der Waals surface area contributed by atoms with E-state index in [1.807, 2.05) is 12.1 Å². The van der Waals surface area contributed by atoms with Gasteiger partial charge in [0.1, 0.15) is 111 Å². The molecular formula is C89H142N14O14. The molecule has 0 atom stereocenters. The molecule has 0 spiro atoms. The molecule has 0 aliphatic carbocycles. The van der Waals surface area contributed by atoms with Gasteiger partial charge < -0.3 is 86.7 Å². The van der Waals surface area contributed by atoms with E-state index < -0.39 is 0 Å². The van der Waals surface area contributed by atoms with E-state index in [9.17, 15) is 24.0 Å². The number of hydrogen-bond donors (Lipinski definition) is 0. The Bertz CT molecular complexity index is 3590. The van der Waals surface area contributed by atoms with Gasteiger partial charge >= 0.3 is 0 Å². The molecule has 0 saturated carbocycles. The Morgan fingerprint density at radius 2 is 0.479 bits per heavy atom. The fourth-order valence-electron chi connectivity index (χ4n) is 11.3. The van der Waals surface area contributed by atoms with Crippen LogP contribution >= 0.6 is 0 Å². The first-order valence-corrected chi connectivity index (χ1v) is 41.5. The van der Waals surface area contributed by atoms with Crippen molar-refractivity contribution in [2.75, 3.05) is 241 Å². The van der Waals surface area contributed by atoms with Gasteiger partial charge in [0.05, 0.1) is 17.1 Å². The minimum atomic E-state index is 0.451. The average molecular weight is 1630 g/mol. The molecule has 28 nitrogen and oxygen atoms in total. The van der Waals surface area contributed by atoms with Crippen molar-refractivity contribution < 1.29 is 66.6 Å². The van der Waals surface area contributed by atoms with Crippen LogP contribution in [0.1, 0.15) is 120 Å². The number of rotatable bonds is 59. The second kappa shape index (κ2) is 69.9. The third-order valence-corrected chi connectivity index (χ3v) is 17.4. The van der Waals surface area contributed by atoms with Crippen molar-refractivity contribution in [2.24, 2.45) is 25.0 Å². The van der Waals surface area contributed by atoms with Crippen LogP contribution in [-0.2, 0) is 24.0 Å². The fourth-order valence-corrected chi connectivity index (χ4v) is 11.3. The highest BCUT2D eigenvalue weighted by atomic mass is 16.5. The van der Waals surface area contributed by atoms with Crippen LogP contribution < -0.4 is 42.6 Å². The van der Waals surface area contributed by atoms with Gasteiger partial charge in [0.25, 0.3) is 0 Å². The average Bonchev–Trinajstić information content (AvgIpc) is 0.791. The van der Waals surface area contributed by atoms with Crippen molar-refractivity contribution >= 4 is 58.8 Å². The minimum Gasteiger partial charge on any atom is -0.492 e. The molecule has 0 aliphatic heterocycles. The number of benzene rings is 5. The van der Waals surface area contributed by atoms with Crippen molar-refractivity contribution in [2.45, 2.75) is 120 Å². The van der Waals surface area contributed by atoms with Gasteiger partial charge in [0, 0.05) is 95.3 Å². The summed E-state index contributed by atoms with van der Waals surface area (Å²) in [6.07, 6.45) is 17.8. The third-order valence-electron chi connectivity index (χ3n) is 17.4. The molecule has 28 heteroatoms. The highest BCUT2D eigenvalue weighted by Gasteiger charge is 2.14. The topological polar surface area (TPSA) is 259 Å². The van der Waals surface area contributed by atoms with Crippen LogP contribution in [0.25, 0.3) is 0 Å². The zero-order chi connectivity index (χ0) is 86.5. The first-order chi connectivity index (χ1) is 56.6. The first kappa shape index (κ1) is 106. The molecule has 5 aromatic carbocycles. The molecule has 5 aromatic rings. The van der Waals surface area contributed by atoms with Crippen LogP contribution in [-0.4, -0.2) is 315 Å². The monoisotopic (exact) mass is 1630 g/mol. The van der Waals surface area contributed by atoms with Gasteiger partial charge in [-0.2, -0.15) is 25.0 Å². The van der Waals surface area contributed by atoms with Crippen molar-refractivity contribution in [1.29, 1.82) is 0 Å². The second-order valence-corrected chi connectivity index (χ2v) is 28.4. The molecule has 0 heterocycles. The Hall–Kier alpha value is -9.16. The number of ether oxygens (including phenoxy) is 9. The Kier molecular flexibility index (Phi) is 63.2. The zero-order valence-electron chi connectivity index (χ0n) is 74.2. The molecule has 0 aliphatic rings. The van der Waals surface area contributed by atoms with Crippen LogP contribution in [0, 0.1) is 0 Å². The number of carbonyl (C=O) groups excluding carboxylic acids is 5. The molecule has 0 saturated heterocycles. The first-order valence-electron chi connectivity index (χ1n) is 41.5. The molecule has 0 unspecified atom stereocenters. The molecule has 5 rings (SSSR count). The number of isocyanates is 5. The predicted molar refractivity (Wildman–Crippen MR) is 471 cm³/mol. The maximum absolute atomic E-state index is 10.7. The Labute approximate surface area is 700 Å². The van der Waals surface area contributed by atoms with E-state index in [4.69, 9.17) is 42.6 Å². The normalized spacial score (nSPS) is 10.7. The Morgan fingerprint density at radius 3 is 0.846 bits per heavy atom. The van der Waals surface area contributed by atoms with E-state index in [-0.39, 0.29) is 0 Å². The SMILES string of the molecule is CCCN(C)CCOc1cc(N=C=O)cc(OCCN(C)CCC)c1.CCCN(C)CCOc1ccc(N=C=O)c(OCCN(C)CCC)c1.CCCN(C)CCOc1ccc(N=C=O)cc1.CCCN(C)CCOc1ccc(N=C=O)cc1OCCN(C)CCC.CCCN(C)CCOc1ccc(OCCN(C)CCC)c(N=C=O)c1. The standard InChI is InChI=1S/4C19H31N3O3.C13H18N2O2/c1-5-9-21(3)11-13-24-17-7-8-19(18(15-17)20-16-23)25-14-12-22(4)10-6-2;1-5-9-21(3)11-13-24-17-7-8-18(20-16-23)19(15-17)25-14-12-22(4)10-6-2;1-5-9-21(3)11-13-24-18-8-7-17(20-16-23)15-19(18)25-14-12-22(4)10-6-2;1-5-7-21(3)9-11-24-18-13-17(20-16-23)14-19(15-18)25-12-10-22(4)8-6-2;1-3-8-15(2)9-10-17-13-6-4-12(5-7-13)14-11-16/h3*7-8,15H,5-6,9-14H2,1-4H3;13-15H,5-12H2,1-4H3;4-7H,3,8-10H2,1-2H3. The smallest absolute Gasteiger partial charge is 0.240 e. The van der Waals surface area contributed by atoms with Gasteiger partial charge in [-0.15, -0.1) is 0 Å². The summed E-state index contributed by atoms with van der Waals surface area (Å²) in [6.45, 7) is 41.6. The lowest BCUT2D eigenvalue weighted by Gasteiger charge is -2.19. The predicted octanol–water partition coefficient (Wildman–Crippen LogP) is 14.8. The van der Waals surface area contributed by atoms with Crippen LogP contribution in [0.3, 0.4) is 0 Å². The lowest BCUT2D eigenvalue weighted by atomic mass is 10.3. The van der Waals surface area contributed by atoms with E-state index in [0.29, 0.717) is 134 Å². The third kappa shape index (κ3) is 53.7. The zero-order valence-corrected chi connectivity index (χ0v) is 74.2. The number of hydrogen-bond acceptors (Lipinski definition) is 28. The molecule has 0 bridgehead atoms. The van der Waals surface area contributed by atoms with E-state index >= 15 is 0 Å². The Morgan fingerprint density at radius 1 is 0.214 bits per heavy atom. The molecule has 652 valence electrons. The van der Waals surface area contributed by atoms with Crippen molar-refractivity contribution in [3.05, 3.63) is 97.1 Å². The van der Waals surface area contributed by atoms with E-state index in [1.165, 1.54) is 6.08 Å². The molecular weight excluding hydrogens is 1490 g/mol. The maximum Gasteiger partial charge on any atom is 0.240 e. The van der Waals surface area contributed by atoms with Crippen molar-refractivity contribution in [1.82, 2.24) is 44.1 Å². The minimum absolute atomic E-state index is 0.451. The molecule has 117 heavy (non-hydrogen) atoms. The summed E-state index contributed by atoms with van der Waals surface area (Å²) in [5.41, 5.74) is 2.53. The van der Waals surface area contributed by atoms with Crippen molar-refractivity contribution in [3.8, 4) is 51.7 Å². The summed E-state index contributed by atoms with van der Waals surface area (Å²) in [6, 6.07) is 28.3. The van der Waals surface area contributed by atoms with Crippen LogP contribution in [0.15, 0.2) is 122 Å². The summed E-state index contributed by atoms with van der Waals surface area (Å²) in [7, 11) is 18.6. The van der Waals surface area contributed by atoms with Gasteiger partial charge in [0.2, 0.25) is 30.4 Å². The van der Waals surface area contributed by atoms with Crippen LogP contribution in [0.2, 0.25) is 0 Å². The molecule has 0 fully saturated rings. The fraction of sp³-hybridized carbons (Fsp3) is 0.607. The van der Waals surface area contributed by atoms with Gasteiger partial charge in [-0.1, -0.05) is 62.3 Å². The summed E-state index contributed by atoms with van der Waals surface area (Å²) in [5.74, 6) is 5.89. The Balaban J connectivity index is 0.000000735. The maximum atomic E-state index is 10.7. The van der Waals surface area contributed by atoms with Gasteiger partial charge in [-0.25, -0.2) is 24.0 Å². The lowest BCUT2D eigenvalue weighted by Crippen LogP contribution is -2.25. The molecule has 0 radical (unpaired) electrons. The quantitative estimate of drug-likeness (QED) is 0.0259.